The van der Waals surface area contributed by atoms with Gasteiger partial charge in [0, 0.05) is 12.7 Å². The number of methoxy groups -OCH3 is 1. The Morgan fingerprint density at radius 1 is 1.06 bits per heavy atom. The van der Waals surface area contributed by atoms with E-state index in [1.54, 1.807) is 58.2 Å². The van der Waals surface area contributed by atoms with E-state index >= 15 is 0 Å². The summed E-state index contributed by atoms with van der Waals surface area (Å²) in [7, 11) is 3.01. The number of benzene rings is 2. The van der Waals surface area contributed by atoms with Crippen molar-refractivity contribution in [2.75, 3.05) is 26.1 Å². The Kier molecular flexibility index (Phi) is 9.25. The number of hydrogen-bond donors (Lipinski definition) is 3. The van der Waals surface area contributed by atoms with E-state index in [1.807, 2.05) is 26.0 Å². The summed E-state index contributed by atoms with van der Waals surface area (Å²) >= 11 is 0. The summed E-state index contributed by atoms with van der Waals surface area (Å²) in [5.41, 5.74) is 2.19. The first-order chi connectivity index (χ1) is 16.4. The van der Waals surface area contributed by atoms with Crippen molar-refractivity contribution < 1.29 is 29.0 Å². The Hall–Kier alpha value is -3.59. The Bertz CT molecular complexity index is 1050. The van der Waals surface area contributed by atoms with E-state index < -0.39 is 42.2 Å². The number of nitrogens with zero attached hydrogens (tertiary/aromatic N) is 1. The molecule has 3 amide bonds. The van der Waals surface area contributed by atoms with Crippen LogP contribution in [0.15, 0.2) is 42.5 Å². The third-order valence-corrected chi connectivity index (χ3v) is 5.23. The van der Waals surface area contributed by atoms with Crippen LogP contribution in [0.1, 0.15) is 43.5 Å². The lowest BCUT2D eigenvalue weighted by Crippen LogP contribution is -2.52. The molecule has 2 unspecified atom stereocenters. The number of likely N-dealkylation sites (N-methyl/N-ethyl adjacent to an activating group) is 1. The van der Waals surface area contributed by atoms with Crippen LogP contribution in [-0.4, -0.2) is 60.3 Å². The van der Waals surface area contributed by atoms with E-state index in [2.05, 4.69) is 10.6 Å². The van der Waals surface area contributed by atoms with Crippen LogP contribution in [0.5, 0.6) is 5.75 Å². The molecule has 0 aliphatic heterocycles. The predicted octanol–water partition coefficient (Wildman–Crippen LogP) is 3.34. The van der Waals surface area contributed by atoms with Gasteiger partial charge in [-0.15, -0.1) is 0 Å². The second-order valence-corrected chi connectivity index (χ2v) is 9.31. The van der Waals surface area contributed by atoms with E-state index in [-0.39, 0.29) is 0 Å². The molecule has 2 aromatic carbocycles. The van der Waals surface area contributed by atoms with Crippen molar-refractivity contribution in [3.8, 4) is 5.75 Å². The number of carbonyl (C=O) groups is 3. The molecule has 2 aromatic rings. The van der Waals surface area contributed by atoms with Gasteiger partial charge in [-0.05, 0) is 70.0 Å². The van der Waals surface area contributed by atoms with Crippen LogP contribution in [0, 0.1) is 13.8 Å². The Labute approximate surface area is 206 Å². The number of anilines is 1. The molecule has 0 spiro atoms. The average Bonchev–Trinajstić information content (AvgIpc) is 2.77. The second kappa shape index (κ2) is 11.7. The fourth-order valence-corrected chi connectivity index (χ4v) is 3.55. The lowest BCUT2D eigenvalue weighted by atomic mass is 9.97. The first kappa shape index (κ1) is 27.7. The Morgan fingerprint density at radius 2 is 1.69 bits per heavy atom. The molecule has 0 aromatic heterocycles. The molecular weight excluding hydrogens is 450 g/mol. The maximum absolute atomic E-state index is 13.5. The number of hydrogen-bond acceptors (Lipinski definition) is 6. The van der Waals surface area contributed by atoms with Crippen molar-refractivity contribution in [1.82, 2.24) is 10.2 Å². The normalized spacial score (nSPS) is 12.8. The minimum atomic E-state index is -1.29. The molecule has 2 atom stereocenters. The zero-order chi connectivity index (χ0) is 26.3. The molecule has 0 aliphatic rings. The molecule has 3 N–H and O–H groups in total. The first-order valence-corrected chi connectivity index (χ1v) is 11.3. The van der Waals surface area contributed by atoms with E-state index in [0.717, 1.165) is 11.1 Å². The first-order valence-electron chi connectivity index (χ1n) is 11.3. The van der Waals surface area contributed by atoms with E-state index in [0.29, 0.717) is 17.0 Å². The lowest BCUT2D eigenvalue weighted by Gasteiger charge is -2.32. The highest BCUT2D eigenvalue weighted by Gasteiger charge is 2.34. The van der Waals surface area contributed by atoms with Crippen LogP contribution >= 0.6 is 0 Å². The highest BCUT2D eigenvalue weighted by molar-refractivity contribution is 5.99. The quantitative estimate of drug-likeness (QED) is 0.528. The predicted molar refractivity (Wildman–Crippen MR) is 133 cm³/mol. The molecule has 0 fully saturated rings. The summed E-state index contributed by atoms with van der Waals surface area (Å²) < 4.78 is 10.4. The largest absolute Gasteiger partial charge is 0.497 e. The monoisotopic (exact) mass is 485 g/mol. The number of ether oxygens (including phenoxy) is 2. The van der Waals surface area contributed by atoms with Crippen LogP contribution in [0.25, 0.3) is 0 Å². The van der Waals surface area contributed by atoms with Gasteiger partial charge in [0.2, 0.25) is 5.91 Å². The SMILES string of the molecule is COc1ccc(NC(=O)C(c2ccc(C)cc2C)N(C)C(=O)C(CO)NC(=O)OC(C)(C)C)cc1. The summed E-state index contributed by atoms with van der Waals surface area (Å²) in [6, 6.07) is 10.1. The van der Waals surface area contributed by atoms with E-state index in [1.165, 1.54) is 11.9 Å². The van der Waals surface area contributed by atoms with Crippen LogP contribution < -0.4 is 15.4 Å². The molecule has 2 rings (SSSR count). The summed E-state index contributed by atoms with van der Waals surface area (Å²) in [5, 5.41) is 15.1. The highest BCUT2D eigenvalue weighted by Crippen LogP contribution is 2.27. The van der Waals surface area contributed by atoms with Crippen molar-refractivity contribution >= 4 is 23.6 Å². The van der Waals surface area contributed by atoms with Crippen molar-refractivity contribution in [1.29, 1.82) is 0 Å². The molecule has 0 aliphatic carbocycles. The Balaban J connectivity index is 2.35. The van der Waals surface area contributed by atoms with Gasteiger partial charge in [-0.2, -0.15) is 0 Å². The molecule has 0 heterocycles. The van der Waals surface area contributed by atoms with Crippen LogP contribution in [0.3, 0.4) is 0 Å². The molecule has 9 nitrogen and oxygen atoms in total. The number of aliphatic hydroxyl groups is 1. The van der Waals surface area contributed by atoms with Gasteiger partial charge in [-0.1, -0.05) is 23.8 Å². The minimum Gasteiger partial charge on any atom is -0.497 e. The average molecular weight is 486 g/mol. The fourth-order valence-electron chi connectivity index (χ4n) is 3.55. The van der Waals surface area contributed by atoms with Gasteiger partial charge in [0.15, 0.2) is 0 Å². The van der Waals surface area contributed by atoms with Gasteiger partial charge in [0.25, 0.3) is 5.91 Å². The number of carbonyl (C=O) groups excluding carboxylic acids is 3. The molecule has 0 saturated carbocycles. The van der Waals surface area contributed by atoms with Gasteiger partial charge < -0.3 is 30.1 Å². The number of rotatable bonds is 8. The Morgan fingerprint density at radius 3 is 2.20 bits per heavy atom. The maximum Gasteiger partial charge on any atom is 0.408 e. The summed E-state index contributed by atoms with van der Waals surface area (Å²) in [4.78, 5) is 40.2. The number of nitrogens with one attached hydrogen (secondary N) is 2. The second-order valence-electron chi connectivity index (χ2n) is 9.31. The molecule has 190 valence electrons. The standard InChI is InChI=1S/C26H35N3O6/c1-16-8-13-20(17(2)14-16)22(23(31)27-18-9-11-19(34-7)12-10-18)29(6)24(32)21(15-30)28-25(33)35-26(3,4)5/h8-14,21-22,30H,15H2,1-7H3,(H,27,31)(H,28,33). The summed E-state index contributed by atoms with van der Waals surface area (Å²) in [5.74, 6) is -0.458. The summed E-state index contributed by atoms with van der Waals surface area (Å²) in [6.07, 6.45) is -0.843. The maximum atomic E-state index is 13.5. The number of amides is 3. The molecule has 9 heteroatoms. The molecule has 35 heavy (non-hydrogen) atoms. The number of aliphatic hydroxyl groups excluding tert-OH is 1. The van der Waals surface area contributed by atoms with Crippen molar-refractivity contribution in [3.05, 3.63) is 59.2 Å². The van der Waals surface area contributed by atoms with Crippen LogP contribution in [-0.2, 0) is 14.3 Å². The van der Waals surface area contributed by atoms with Crippen LogP contribution in [0.4, 0.5) is 10.5 Å². The van der Waals surface area contributed by atoms with E-state index in [4.69, 9.17) is 9.47 Å². The van der Waals surface area contributed by atoms with E-state index in [9.17, 15) is 19.5 Å². The third kappa shape index (κ3) is 7.71. The summed E-state index contributed by atoms with van der Waals surface area (Å²) in [6.45, 7) is 8.19. The molecule has 0 bridgehead atoms. The van der Waals surface area contributed by atoms with Gasteiger partial charge in [-0.3, -0.25) is 9.59 Å². The molecular formula is C26H35N3O6. The van der Waals surface area contributed by atoms with Gasteiger partial charge in [0.1, 0.15) is 23.4 Å². The van der Waals surface area contributed by atoms with Crippen LogP contribution in [0.2, 0.25) is 0 Å². The number of aryl methyl sites for hydroxylation is 2. The zero-order valence-corrected chi connectivity index (χ0v) is 21.3. The van der Waals surface area contributed by atoms with Gasteiger partial charge in [0.05, 0.1) is 13.7 Å². The fraction of sp³-hybridized carbons (Fsp3) is 0.423. The lowest BCUT2D eigenvalue weighted by molar-refractivity contribution is -0.139. The van der Waals surface area contributed by atoms with Crippen molar-refractivity contribution in [3.63, 3.8) is 0 Å². The highest BCUT2D eigenvalue weighted by atomic mass is 16.6. The van der Waals surface area contributed by atoms with Crippen molar-refractivity contribution in [2.24, 2.45) is 0 Å². The minimum absolute atomic E-state index is 0.452. The molecule has 0 radical (unpaired) electrons. The van der Waals surface area contributed by atoms with Gasteiger partial charge >= 0.3 is 6.09 Å². The number of alkyl carbamates (subject to hydrolysis) is 1. The third-order valence-electron chi connectivity index (χ3n) is 5.23. The van der Waals surface area contributed by atoms with Crippen molar-refractivity contribution in [2.45, 2.75) is 52.3 Å². The smallest absolute Gasteiger partial charge is 0.408 e. The topological polar surface area (TPSA) is 117 Å². The molecule has 0 saturated heterocycles. The zero-order valence-electron chi connectivity index (χ0n) is 21.3. The van der Waals surface area contributed by atoms with Gasteiger partial charge in [-0.25, -0.2) is 4.79 Å².